The zero-order valence-corrected chi connectivity index (χ0v) is 33.1. The van der Waals surface area contributed by atoms with Crippen LogP contribution in [0.15, 0.2) is 113 Å². The van der Waals surface area contributed by atoms with Gasteiger partial charge in [0, 0.05) is 0 Å². The average Bonchev–Trinajstić information content (AvgIpc) is 3.72. The van der Waals surface area contributed by atoms with Crippen molar-refractivity contribution < 1.29 is 46.1 Å². The minimum atomic E-state index is -3.11. The van der Waals surface area contributed by atoms with Gasteiger partial charge in [0.15, 0.2) is 0 Å². The summed E-state index contributed by atoms with van der Waals surface area (Å²) in [6.07, 6.45) is 8.68. The molecule has 0 bridgehead atoms. The van der Waals surface area contributed by atoms with Crippen LogP contribution in [-0.2, 0) is 27.7 Å². The summed E-state index contributed by atoms with van der Waals surface area (Å²) in [6, 6.07) is 32.6. The largest absolute Gasteiger partial charge is 1.00 e. The molecule has 0 heterocycles. The van der Waals surface area contributed by atoms with Crippen molar-refractivity contribution in [2.45, 2.75) is 26.7 Å². The Bertz CT molecular complexity index is 2320. The minimum absolute atomic E-state index is 0. The van der Waals surface area contributed by atoms with Crippen molar-refractivity contribution in [1.82, 2.24) is 0 Å². The molecule has 0 fully saturated rings. The molecule has 0 amide bonds. The first kappa shape index (κ1) is 35.6. The molecule has 8 rings (SSSR count). The van der Waals surface area contributed by atoms with E-state index in [0.717, 1.165) is 35.1 Å². The van der Waals surface area contributed by atoms with E-state index in [0.29, 0.717) is 20.1 Å². The predicted octanol–water partition coefficient (Wildman–Crippen LogP) is 6.16. The molecule has 2 aliphatic carbocycles. The Kier molecular flexibility index (Phi) is 10.5. The number of fused-ring (bicyclic) bond motifs is 8. The predicted molar refractivity (Wildman–Crippen MR) is 197 cm³/mol. The summed E-state index contributed by atoms with van der Waals surface area (Å²) in [5.74, 6) is 0. The van der Waals surface area contributed by atoms with Gasteiger partial charge in [0.05, 0.1) is 0 Å². The van der Waals surface area contributed by atoms with Gasteiger partial charge < -0.3 is 24.8 Å². The number of hydrogen-bond acceptors (Lipinski definition) is 0. The maximum absolute atomic E-state index is 6.90. The Morgan fingerprint density at radius 1 is 0.667 bits per heavy atom. The quantitative estimate of drug-likeness (QED) is 0.187. The van der Waals surface area contributed by atoms with Crippen LogP contribution in [0, 0.1) is 13.8 Å². The molecule has 0 radical (unpaired) electrons. The smallest absolute Gasteiger partial charge is 1.00 e. The second-order valence-corrected chi connectivity index (χ2v) is 19.8. The monoisotopic (exact) mass is 820 g/mol. The number of benzene rings is 6. The third-order valence-corrected chi connectivity index (χ3v) is 18.2. The van der Waals surface area contributed by atoms with Crippen molar-refractivity contribution in [2.24, 2.45) is 0 Å². The van der Waals surface area contributed by atoms with Crippen LogP contribution in [-0.4, -0.2) is 3.21 Å². The summed E-state index contributed by atoms with van der Waals surface area (Å²) < 4.78 is 4.24. The second kappa shape index (κ2) is 14.2. The van der Waals surface area contributed by atoms with E-state index in [-0.39, 0.29) is 24.8 Å². The molecule has 0 saturated carbocycles. The topological polar surface area (TPSA) is 0 Å². The van der Waals surface area contributed by atoms with Gasteiger partial charge in [-0.3, -0.25) is 0 Å². The van der Waals surface area contributed by atoms with Gasteiger partial charge in [-0.05, 0) is 0 Å². The molecule has 0 aliphatic heterocycles. The van der Waals surface area contributed by atoms with Crippen molar-refractivity contribution in [3.63, 3.8) is 0 Å². The summed E-state index contributed by atoms with van der Waals surface area (Å²) in [4.78, 5) is 0. The summed E-state index contributed by atoms with van der Waals surface area (Å²) in [6.45, 7) is 4.20. The molecule has 6 aromatic rings. The van der Waals surface area contributed by atoms with E-state index in [2.05, 4.69) is 111 Å². The van der Waals surface area contributed by atoms with Crippen molar-refractivity contribution in [1.29, 1.82) is 0 Å². The van der Waals surface area contributed by atoms with Crippen LogP contribution >= 0.6 is 46.4 Å². The molecule has 0 spiro atoms. The fourth-order valence-electron chi connectivity index (χ4n) is 7.45. The molecule has 0 N–H and O–H groups in total. The van der Waals surface area contributed by atoms with E-state index in [9.17, 15) is 0 Å². The van der Waals surface area contributed by atoms with Crippen molar-refractivity contribution in [3.05, 3.63) is 166 Å². The first-order valence-corrected chi connectivity index (χ1v) is 20.6. The standard InChI is InChI=1S/C21H13.C15H10Cl4.C5H5.2ClH.Zr/c1-2-8-15-14(7-1)13-20-18-11-4-3-9-16(18)17-10-5-6-12-19(17)21(15)20;1-8-10(4-12(16)6-14(8)18)3-11-5-13(17)7-15(19)9(11)2;1-2-4-5-3-1;;;/h1-10,12H,13H2;4-7H,1-2H3;1-3H,4H2;2*1H;/q;;;;;+2/p-2. The van der Waals surface area contributed by atoms with Crippen LogP contribution in [0.25, 0.3) is 32.7 Å². The zero-order valence-electron chi connectivity index (χ0n) is 26.1. The summed E-state index contributed by atoms with van der Waals surface area (Å²) >= 11 is 24.3. The molecular weight excluding hydrogens is 796 g/mol. The third kappa shape index (κ3) is 5.89. The van der Waals surface area contributed by atoms with Crippen LogP contribution in [0.2, 0.25) is 20.1 Å². The normalized spacial score (nSPS) is 12.6. The molecule has 238 valence electrons. The van der Waals surface area contributed by atoms with Gasteiger partial charge in [0.25, 0.3) is 0 Å². The van der Waals surface area contributed by atoms with Gasteiger partial charge in [-0.1, -0.05) is 0 Å². The van der Waals surface area contributed by atoms with E-state index in [1.807, 2.05) is 12.1 Å². The van der Waals surface area contributed by atoms with Gasteiger partial charge in [0.2, 0.25) is 0 Å². The fraction of sp³-hybridized carbons (Fsp3) is 0.0976. The molecule has 7 heteroatoms. The van der Waals surface area contributed by atoms with Gasteiger partial charge in [-0.15, -0.1) is 0 Å². The Hall–Kier alpha value is -2.19. The van der Waals surface area contributed by atoms with Gasteiger partial charge in [0.1, 0.15) is 0 Å². The van der Waals surface area contributed by atoms with E-state index in [1.54, 1.807) is 0 Å². The van der Waals surface area contributed by atoms with E-state index in [1.165, 1.54) is 53.6 Å². The molecule has 48 heavy (non-hydrogen) atoms. The van der Waals surface area contributed by atoms with Crippen LogP contribution in [0.1, 0.15) is 39.8 Å². The van der Waals surface area contributed by atoms with Gasteiger partial charge >= 0.3 is 299 Å². The number of hydrogen-bond donors (Lipinski definition) is 0. The third-order valence-electron chi connectivity index (χ3n) is 9.58. The first-order valence-electron chi connectivity index (χ1n) is 15.4. The van der Waals surface area contributed by atoms with Crippen LogP contribution in [0.3, 0.4) is 0 Å². The number of rotatable bonds is 4. The maximum atomic E-state index is 6.90. The molecule has 0 atom stereocenters. The Balaban J connectivity index is 0.00000201. The molecule has 2 aliphatic rings. The summed E-state index contributed by atoms with van der Waals surface area (Å²) in [5, 5.41) is 7.87. The van der Waals surface area contributed by atoms with Crippen LogP contribution in [0.5, 0.6) is 0 Å². The molecule has 0 aromatic heterocycles. The summed E-state index contributed by atoms with van der Waals surface area (Å²) in [7, 11) is 0. The van der Waals surface area contributed by atoms with E-state index < -0.39 is 21.3 Å². The fourth-order valence-corrected chi connectivity index (χ4v) is 16.7. The molecular formula is C41H28Cl6Zr. The SMILES string of the molecule is Cc1c(Cl)cc(Cl)cc1[C](c1cc(Cl)cc(Cl)c1C)=[Zr+2]([C]1=CC=CC1)[c]1cccc2c1c1c(c3ccccc32)-c2ccccc2C1.[Cl-].[Cl-]. The van der Waals surface area contributed by atoms with Gasteiger partial charge in [-0.2, -0.15) is 0 Å². The van der Waals surface area contributed by atoms with Gasteiger partial charge in [-0.25, -0.2) is 0 Å². The zero-order chi connectivity index (χ0) is 31.7. The van der Waals surface area contributed by atoms with Crippen LogP contribution < -0.4 is 28.1 Å². The van der Waals surface area contributed by atoms with Crippen molar-refractivity contribution in [3.8, 4) is 11.1 Å². The Morgan fingerprint density at radius 3 is 1.92 bits per heavy atom. The maximum Gasteiger partial charge on any atom is -1.00 e. The second-order valence-electron chi connectivity index (χ2n) is 12.2. The van der Waals surface area contributed by atoms with Crippen LogP contribution in [0.4, 0.5) is 0 Å². The van der Waals surface area contributed by atoms with E-state index in [4.69, 9.17) is 46.4 Å². The van der Waals surface area contributed by atoms with Crippen molar-refractivity contribution in [2.75, 3.05) is 0 Å². The summed E-state index contributed by atoms with van der Waals surface area (Å²) in [5.41, 5.74) is 9.73. The Labute approximate surface area is 321 Å². The molecule has 0 unspecified atom stereocenters. The minimum Gasteiger partial charge on any atom is -1.00 e. The average molecular weight is 825 g/mol. The Morgan fingerprint density at radius 2 is 1.27 bits per heavy atom. The van der Waals surface area contributed by atoms with Crippen molar-refractivity contribution >= 4 is 74.4 Å². The number of halogens is 6. The molecule has 0 saturated heterocycles. The molecule has 6 aromatic carbocycles. The molecule has 0 nitrogen and oxygen atoms in total. The first-order chi connectivity index (χ1) is 22.3. The number of allylic oxidation sites excluding steroid dienone is 4. The van der Waals surface area contributed by atoms with E-state index >= 15 is 0 Å².